The number of hydrogen-bond acceptors (Lipinski definition) is 2. The lowest BCUT2D eigenvalue weighted by Crippen LogP contribution is -1.78. The average Bonchev–Trinajstić information content (AvgIpc) is 2.65. The van der Waals surface area contributed by atoms with Gasteiger partial charge in [-0.3, -0.25) is 0 Å². The molecular formula is C10H9N3O. The van der Waals surface area contributed by atoms with Crippen molar-refractivity contribution >= 4 is 21.9 Å². The van der Waals surface area contributed by atoms with Crippen LogP contribution in [0, 0.1) is 0 Å². The molecule has 0 bridgehead atoms. The van der Waals surface area contributed by atoms with Crippen LogP contribution in [0.1, 0.15) is 0 Å². The Morgan fingerprint density at radius 1 is 1.07 bits per heavy atom. The average molecular weight is 187 g/mol. The summed E-state index contributed by atoms with van der Waals surface area (Å²) < 4.78 is 0. The van der Waals surface area contributed by atoms with E-state index in [-0.39, 0.29) is 5.48 Å². The number of nitrogens with one attached hydrogen (secondary N) is 1. The molecule has 0 radical (unpaired) electrons. The highest BCUT2D eigenvalue weighted by atomic mass is 16.0. The summed E-state index contributed by atoms with van der Waals surface area (Å²) in [6, 6.07) is 8.01. The molecule has 0 fully saturated rings. The highest BCUT2D eigenvalue weighted by molar-refractivity contribution is 6.02. The second-order valence-electron chi connectivity index (χ2n) is 2.94. The van der Waals surface area contributed by atoms with Crippen LogP contribution in [0.25, 0.3) is 21.9 Å². The molecule has 4 heteroatoms. The molecule has 70 valence electrons. The largest absolute Gasteiger partial charge is 0.412 e. The Morgan fingerprint density at radius 3 is 2.93 bits per heavy atom. The van der Waals surface area contributed by atoms with E-state index in [0.29, 0.717) is 0 Å². The number of hydrogen-bond donors (Lipinski definition) is 1. The number of benzene rings is 1. The minimum Gasteiger partial charge on any atom is -0.412 e. The Hall–Kier alpha value is -1.94. The van der Waals surface area contributed by atoms with E-state index in [2.05, 4.69) is 15.0 Å². The van der Waals surface area contributed by atoms with Gasteiger partial charge in [-0.2, -0.15) is 0 Å². The van der Waals surface area contributed by atoms with Gasteiger partial charge in [-0.15, -0.1) is 0 Å². The van der Waals surface area contributed by atoms with Gasteiger partial charge >= 0.3 is 0 Å². The van der Waals surface area contributed by atoms with E-state index in [0.717, 1.165) is 21.9 Å². The number of aromatic amines is 1. The Balaban J connectivity index is 0.000000750. The second-order valence-corrected chi connectivity index (χ2v) is 2.94. The lowest BCUT2D eigenvalue weighted by atomic mass is 10.2. The fourth-order valence-electron chi connectivity index (χ4n) is 1.56. The predicted molar refractivity (Wildman–Crippen MR) is 55.0 cm³/mol. The van der Waals surface area contributed by atoms with Crippen LogP contribution in [0.2, 0.25) is 0 Å². The van der Waals surface area contributed by atoms with E-state index in [1.54, 1.807) is 6.33 Å². The summed E-state index contributed by atoms with van der Waals surface area (Å²) >= 11 is 0. The number of pyridine rings is 1. The molecule has 14 heavy (non-hydrogen) atoms. The third kappa shape index (κ3) is 1.05. The monoisotopic (exact) mass is 187 g/mol. The van der Waals surface area contributed by atoms with Crippen LogP contribution in [0.4, 0.5) is 0 Å². The highest BCUT2D eigenvalue weighted by Gasteiger charge is 2.01. The van der Waals surface area contributed by atoms with Crippen LogP contribution in [-0.2, 0) is 0 Å². The SMILES string of the molecule is O.c1c[nH]c2ccc3ncnc3c2c1. The Bertz CT molecular complexity index is 573. The lowest BCUT2D eigenvalue weighted by molar-refractivity contribution is 0.824. The van der Waals surface area contributed by atoms with Gasteiger partial charge in [0.05, 0.1) is 11.0 Å². The fraction of sp³-hybridized carbons (Fsp3) is 0. The molecule has 3 aromatic rings. The van der Waals surface area contributed by atoms with Gasteiger partial charge < -0.3 is 10.5 Å². The molecule has 0 aliphatic carbocycles. The van der Waals surface area contributed by atoms with Crippen molar-refractivity contribution in [2.24, 2.45) is 0 Å². The molecule has 2 aromatic heterocycles. The van der Waals surface area contributed by atoms with Crippen molar-refractivity contribution in [1.82, 2.24) is 15.0 Å². The van der Waals surface area contributed by atoms with Crippen molar-refractivity contribution in [3.63, 3.8) is 0 Å². The van der Waals surface area contributed by atoms with E-state index in [1.165, 1.54) is 0 Å². The number of aromatic nitrogens is 3. The van der Waals surface area contributed by atoms with Crippen molar-refractivity contribution < 1.29 is 5.48 Å². The molecule has 0 spiro atoms. The lowest BCUT2D eigenvalue weighted by Gasteiger charge is -1.96. The van der Waals surface area contributed by atoms with Gasteiger partial charge in [0, 0.05) is 17.1 Å². The first-order valence-corrected chi connectivity index (χ1v) is 4.12. The van der Waals surface area contributed by atoms with E-state index < -0.39 is 0 Å². The molecule has 0 unspecified atom stereocenters. The number of nitrogens with zero attached hydrogens (tertiary/aromatic N) is 2. The predicted octanol–water partition coefficient (Wildman–Crippen LogP) is 1.29. The molecular weight excluding hydrogens is 178 g/mol. The second kappa shape index (κ2) is 3.08. The number of imidazole rings is 1. The van der Waals surface area contributed by atoms with Gasteiger partial charge in [-0.1, -0.05) is 0 Å². The Kier molecular flexibility index (Phi) is 1.90. The van der Waals surface area contributed by atoms with E-state index in [1.807, 2.05) is 30.5 Å². The van der Waals surface area contributed by atoms with Crippen LogP contribution in [0.15, 0.2) is 36.8 Å². The quantitative estimate of drug-likeness (QED) is 0.575. The first-order valence-electron chi connectivity index (χ1n) is 4.12. The number of fused-ring (bicyclic) bond motifs is 3. The maximum absolute atomic E-state index is 4.22. The first kappa shape index (κ1) is 8.65. The molecule has 4 nitrogen and oxygen atoms in total. The van der Waals surface area contributed by atoms with Crippen molar-refractivity contribution in [2.45, 2.75) is 0 Å². The molecule has 0 saturated carbocycles. The summed E-state index contributed by atoms with van der Waals surface area (Å²) in [6.45, 7) is 0. The van der Waals surface area contributed by atoms with Crippen LogP contribution in [0.5, 0.6) is 0 Å². The van der Waals surface area contributed by atoms with Crippen LogP contribution >= 0.6 is 0 Å². The first-order chi connectivity index (χ1) is 6.45. The maximum atomic E-state index is 4.22. The van der Waals surface area contributed by atoms with E-state index in [9.17, 15) is 0 Å². The molecule has 1 aromatic carbocycles. The molecule has 0 saturated heterocycles. The minimum atomic E-state index is 0. The summed E-state index contributed by atoms with van der Waals surface area (Å²) in [6.07, 6.45) is 3.50. The molecule has 0 aliphatic rings. The van der Waals surface area contributed by atoms with Crippen LogP contribution in [-0.4, -0.2) is 20.4 Å². The molecule has 2 heterocycles. The summed E-state index contributed by atoms with van der Waals surface area (Å²) in [5, 5.41) is 1.12. The topological polar surface area (TPSA) is 73.1 Å². The van der Waals surface area contributed by atoms with Crippen molar-refractivity contribution in [3.05, 3.63) is 36.8 Å². The Labute approximate surface area is 79.9 Å². The Morgan fingerprint density at radius 2 is 2.00 bits per heavy atom. The smallest absolute Gasteiger partial charge is 0.116 e. The zero-order valence-electron chi connectivity index (χ0n) is 7.36. The van der Waals surface area contributed by atoms with Crippen molar-refractivity contribution in [3.8, 4) is 0 Å². The van der Waals surface area contributed by atoms with Crippen molar-refractivity contribution in [1.29, 1.82) is 0 Å². The molecule has 3 rings (SSSR count). The third-order valence-electron chi connectivity index (χ3n) is 2.18. The zero-order chi connectivity index (χ0) is 8.67. The number of rotatable bonds is 0. The molecule has 3 N–H and O–H groups in total. The van der Waals surface area contributed by atoms with Gasteiger partial charge in [0.15, 0.2) is 0 Å². The number of H-pyrrole nitrogens is 1. The normalized spacial score (nSPS) is 10.3. The summed E-state index contributed by atoms with van der Waals surface area (Å²) in [7, 11) is 0. The van der Waals surface area contributed by atoms with E-state index in [4.69, 9.17) is 0 Å². The summed E-state index contributed by atoms with van der Waals surface area (Å²) in [4.78, 5) is 11.5. The summed E-state index contributed by atoms with van der Waals surface area (Å²) in [5.41, 5.74) is 3.01. The minimum absolute atomic E-state index is 0. The van der Waals surface area contributed by atoms with Gasteiger partial charge in [0.2, 0.25) is 0 Å². The van der Waals surface area contributed by atoms with Gasteiger partial charge in [0.1, 0.15) is 6.33 Å². The maximum Gasteiger partial charge on any atom is 0.116 e. The standard InChI is InChI=1S/C10H7N3.H2O/c1-2-7-8(11-5-1)3-4-9-10(7)13-6-12-9;/h1-6,11H;1H2. The van der Waals surface area contributed by atoms with Crippen molar-refractivity contribution in [2.75, 3.05) is 0 Å². The van der Waals surface area contributed by atoms with Crippen LogP contribution < -0.4 is 0 Å². The van der Waals surface area contributed by atoms with Gasteiger partial charge in [-0.05, 0) is 24.3 Å². The molecule has 0 amide bonds. The third-order valence-corrected chi connectivity index (χ3v) is 2.18. The molecule has 0 aliphatic heterocycles. The highest BCUT2D eigenvalue weighted by Crippen LogP contribution is 2.19. The fourth-order valence-corrected chi connectivity index (χ4v) is 1.56. The zero-order valence-corrected chi connectivity index (χ0v) is 7.36. The van der Waals surface area contributed by atoms with Crippen LogP contribution in [0.3, 0.4) is 0 Å². The van der Waals surface area contributed by atoms with Gasteiger partial charge in [0.25, 0.3) is 0 Å². The molecule has 0 atom stereocenters. The van der Waals surface area contributed by atoms with Gasteiger partial charge in [-0.25, -0.2) is 9.97 Å². The summed E-state index contributed by atoms with van der Waals surface area (Å²) in [5.74, 6) is 0. The van der Waals surface area contributed by atoms with E-state index >= 15 is 0 Å².